The molecule has 0 aliphatic rings. The Morgan fingerprint density at radius 2 is 1.76 bits per heavy atom. The van der Waals surface area contributed by atoms with Crippen LogP contribution in [-0.4, -0.2) is 29.1 Å². The van der Waals surface area contributed by atoms with E-state index in [1.807, 2.05) is 13.8 Å². The number of hydrogen-bond acceptors (Lipinski definition) is 3. The number of nitrogens with one attached hydrogen (secondary N) is 2. The molecule has 0 heterocycles. The van der Waals surface area contributed by atoms with Crippen molar-refractivity contribution in [3.05, 3.63) is 29.8 Å². The number of carboxylic acids is 1. The van der Waals surface area contributed by atoms with Gasteiger partial charge in [-0.15, -0.1) is 0 Å². The first-order valence-electron chi connectivity index (χ1n) is 6.49. The predicted molar refractivity (Wildman–Crippen MR) is 78.0 cm³/mol. The molecule has 0 fully saturated rings. The van der Waals surface area contributed by atoms with Crippen molar-refractivity contribution in [2.45, 2.75) is 26.3 Å². The number of urea groups is 1. The Balaban J connectivity index is 2.63. The summed E-state index contributed by atoms with van der Waals surface area (Å²) in [6, 6.07) is 4.40. The maximum atomic E-state index is 11.8. The molecule has 114 valence electrons. The zero-order valence-corrected chi connectivity index (χ0v) is 11.9. The van der Waals surface area contributed by atoms with Gasteiger partial charge < -0.3 is 21.5 Å². The number of carbonyl (C=O) groups excluding carboxylic acids is 2. The molecule has 0 aromatic heterocycles. The second kappa shape index (κ2) is 7.28. The first-order chi connectivity index (χ1) is 9.79. The minimum absolute atomic E-state index is 0.140. The maximum Gasteiger partial charge on any atom is 0.326 e. The van der Waals surface area contributed by atoms with Crippen molar-refractivity contribution in [1.82, 2.24) is 5.32 Å². The Kier molecular flexibility index (Phi) is 5.71. The molecule has 7 nitrogen and oxygen atoms in total. The fraction of sp³-hybridized carbons (Fsp3) is 0.357. The van der Waals surface area contributed by atoms with Gasteiger partial charge in [-0.05, 0) is 36.6 Å². The summed E-state index contributed by atoms with van der Waals surface area (Å²) in [7, 11) is 0. The highest BCUT2D eigenvalue weighted by molar-refractivity contribution is 5.95. The summed E-state index contributed by atoms with van der Waals surface area (Å²) in [5.41, 5.74) is 5.87. The maximum absolute atomic E-state index is 11.8. The summed E-state index contributed by atoms with van der Waals surface area (Å²) in [5, 5.41) is 13.9. The van der Waals surface area contributed by atoms with E-state index in [1.54, 1.807) is 0 Å². The number of carbonyl (C=O) groups is 3. The molecule has 0 saturated heterocycles. The molecule has 7 heteroatoms. The number of aliphatic carboxylic acids is 1. The predicted octanol–water partition coefficient (Wildman–Crippen LogP) is 1.41. The van der Waals surface area contributed by atoms with E-state index >= 15 is 0 Å². The number of hydrogen-bond donors (Lipinski definition) is 4. The number of carboxylic acid groups (broad SMARTS) is 1. The first-order valence-corrected chi connectivity index (χ1v) is 6.49. The standard InChI is InChI=1S/C14H19N3O4/c1-8(2)7-11(13(19)20)17-14(21)16-10-5-3-9(4-6-10)12(15)18/h3-6,8,11H,7H2,1-2H3,(H2,15,18)(H,19,20)(H2,16,17,21). The summed E-state index contributed by atoms with van der Waals surface area (Å²) in [6.45, 7) is 3.75. The second-order valence-electron chi connectivity index (χ2n) is 5.06. The molecule has 1 rings (SSSR count). The molecule has 1 aromatic carbocycles. The van der Waals surface area contributed by atoms with E-state index in [0.717, 1.165) is 0 Å². The quantitative estimate of drug-likeness (QED) is 0.633. The summed E-state index contributed by atoms with van der Waals surface area (Å²) >= 11 is 0. The fourth-order valence-corrected chi connectivity index (χ4v) is 1.74. The van der Waals surface area contributed by atoms with E-state index in [-0.39, 0.29) is 5.92 Å². The van der Waals surface area contributed by atoms with Gasteiger partial charge in [0.15, 0.2) is 0 Å². The van der Waals surface area contributed by atoms with Gasteiger partial charge in [-0.2, -0.15) is 0 Å². The number of primary amides is 1. The van der Waals surface area contributed by atoms with Gasteiger partial charge in [-0.25, -0.2) is 9.59 Å². The molecule has 1 aromatic rings. The number of benzene rings is 1. The third-order valence-corrected chi connectivity index (χ3v) is 2.74. The number of anilines is 1. The lowest BCUT2D eigenvalue weighted by Gasteiger charge is -2.17. The van der Waals surface area contributed by atoms with E-state index in [0.29, 0.717) is 17.7 Å². The topological polar surface area (TPSA) is 122 Å². The van der Waals surface area contributed by atoms with Crippen LogP contribution < -0.4 is 16.4 Å². The van der Waals surface area contributed by atoms with Crippen LogP contribution >= 0.6 is 0 Å². The molecule has 0 saturated carbocycles. The Labute approximate surface area is 122 Å². The number of amides is 3. The molecule has 1 unspecified atom stereocenters. The summed E-state index contributed by atoms with van der Waals surface area (Å²) in [4.78, 5) is 33.7. The van der Waals surface area contributed by atoms with Crippen LogP contribution in [0.1, 0.15) is 30.6 Å². The molecular weight excluding hydrogens is 274 g/mol. The summed E-state index contributed by atoms with van der Waals surface area (Å²) in [5.74, 6) is -1.50. The third-order valence-electron chi connectivity index (χ3n) is 2.74. The van der Waals surface area contributed by atoms with Crippen LogP contribution in [0, 0.1) is 5.92 Å². The average Bonchev–Trinajstić information content (AvgIpc) is 2.37. The van der Waals surface area contributed by atoms with Crippen LogP contribution in [0.25, 0.3) is 0 Å². The largest absolute Gasteiger partial charge is 0.480 e. The number of nitrogens with two attached hydrogens (primary N) is 1. The van der Waals surface area contributed by atoms with Crippen molar-refractivity contribution in [1.29, 1.82) is 0 Å². The van der Waals surface area contributed by atoms with Crippen LogP contribution in [-0.2, 0) is 4.79 Å². The molecule has 21 heavy (non-hydrogen) atoms. The zero-order chi connectivity index (χ0) is 16.0. The lowest BCUT2D eigenvalue weighted by atomic mass is 10.0. The average molecular weight is 293 g/mol. The van der Waals surface area contributed by atoms with Gasteiger partial charge in [0, 0.05) is 11.3 Å². The van der Waals surface area contributed by atoms with Crippen molar-refractivity contribution >= 4 is 23.6 Å². The van der Waals surface area contributed by atoms with Gasteiger partial charge in [0.05, 0.1) is 0 Å². The number of rotatable bonds is 6. The molecule has 0 bridgehead atoms. The van der Waals surface area contributed by atoms with E-state index < -0.39 is 23.9 Å². The molecule has 0 aliphatic heterocycles. The summed E-state index contributed by atoms with van der Waals surface area (Å²) < 4.78 is 0. The minimum Gasteiger partial charge on any atom is -0.480 e. The van der Waals surface area contributed by atoms with Crippen LogP contribution in [0.4, 0.5) is 10.5 Å². The lowest BCUT2D eigenvalue weighted by Crippen LogP contribution is -2.43. The van der Waals surface area contributed by atoms with Crippen molar-refractivity contribution in [2.24, 2.45) is 11.7 Å². The van der Waals surface area contributed by atoms with Crippen molar-refractivity contribution in [3.63, 3.8) is 0 Å². The second-order valence-corrected chi connectivity index (χ2v) is 5.06. The molecule has 3 amide bonds. The van der Waals surface area contributed by atoms with Crippen LogP contribution in [0.2, 0.25) is 0 Å². The smallest absolute Gasteiger partial charge is 0.326 e. The van der Waals surface area contributed by atoms with E-state index in [9.17, 15) is 14.4 Å². The van der Waals surface area contributed by atoms with Gasteiger partial charge in [0.1, 0.15) is 6.04 Å². The van der Waals surface area contributed by atoms with Crippen molar-refractivity contribution in [3.8, 4) is 0 Å². The van der Waals surface area contributed by atoms with Crippen LogP contribution in [0.5, 0.6) is 0 Å². The minimum atomic E-state index is -1.08. The Morgan fingerprint density at radius 3 is 2.19 bits per heavy atom. The SMILES string of the molecule is CC(C)CC(NC(=O)Nc1ccc(C(N)=O)cc1)C(=O)O. The first kappa shape index (κ1) is 16.5. The van der Waals surface area contributed by atoms with Crippen LogP contribution in [0.3, 0.4) is 0 Å². The normalized spacial score (nSPS) is 11.8. The van der Waals surface area contributed by atoms with E-state index in [1.165, 1.54) is 24.3 Å². The van der Waals surface area contributed by atoms with Crippen molar-refractivity contribution < 1.29 is 19.5 Å². The van der Waals surface area contributed by atoms with Crippen molar-refractivity contribution in [2.75, 3.05) is 5.32 Å². The molecule has 5 N–H and O–H groups in total. The molecule has 0 radical (unpaired) electrons. The highest BCUT2D eigenvalue weighted by atomic mass is 16.4. The van der Waals surface area contributed by atoms with Gasteiger partial charge >= 0.3 is 12.0 Å². The molecular formula is C14H19N3O4. The monoisotopic (exact) mass is 293 g/mol. The highest BCUT2D eigenvalue weighted by Crippen LogP contribution is 2.10. The Hall–Kier alpha value is -2.57. The zero-order valence-electron chi connectivity index (χ0n) is 11.9. The Bertz CT molecular complexity index is 526. The van der Waals surface area contributed by atoms with Gasteiger partial charge in [-0.3, -0.25) is 4.79 Å². The molecule has 0 aliphatic carbocycles. The fourth-order valence-electron chi connectivity index (χ4n) is 1.74. The molecule has 1 atom stereocenters. The van der Waals surface area contributed by atoms with Crippen LogP contribution in [0.15, 0.2) is 24.3 Å². The van der Waals surface area contributed by atoms with Gasteiger partial charge in [0.25, 0.3) is 0 Å². The Morgan fingerprint density at radius 1 is 1.19 bits per heavy atom. The van der Waals surface area contributed by atoms with E-state index in [4.69, 9.17) is 10.8 Å². The lowest BCUT2D eigenvalue weighted by molar-refractivity contribution is -0.139. The molecule has 0 spiro atoms. The van der Waals surface area contributed by atoms with Gasteiger partial charge in [-0.1, -0.05) is 13.8 Å². The highest BCUT2D eigenvalue weighted by Gasteiger charge is 2.20. The third kappa shape index (κ3) is 5.52. The summed E-state index contributed by atoms with van der Waals surface area (Å²) in [6.07, 6.45) is 0.337. The van der Waals surface area contributed by atoms with E-state index in [2.05, 4.69) is 10.6 Å². The van der Waals surface area contributed by atoms with Gasteiger partial charge in [0.2, 0.25) is 5.91 Å².